The molecule has 4 aromatic rings. The molecule has 0 aliphatic heterocycles. The third-order valence-corrected chi connectivity index (χ3v) is 4.31. The number of nitrogens with zero attached hydrogens (tertiary/aromatic N) is 3. The van der Waals surface area contributed by atoms with Crippen molar-refractivity contribution < 1.29 is 8.78 Å². The Balaban J connectivity index is 1.86. The minimum Gasteiger partial charge on any atom is -0.267 e. The maximum Gasteiger partial charge on any atom is 0.282 e. The molecule has 0 fully saturated rings. The fourth-order valence-electron chi connectivity index (χ4n) is 2.83. The number of benzene rings is 3. The third-order valence-electron chi connectivity index (χ3n) is 4.31. The first-order valence-corrected chi connectivity index (χ1v) is 8.87. The van der Waals surface area contributed by atoms with Gasteiger partial charge in [0.25, 0.3) is 5.56 Å². The zero-order chi connectivity index (χ0) is 20.2. The second-order valence-electron chi connectivity index (χ2n) is 6.23. The van der Waals surface area contributed by atoms with Gasteiger partial charge < -0.3 is 0 Å². The number of aromatic nitrogens is 2. The first-order valence-electron chi connectivity index (χ1n) is 8.87. The van der Waals surface area contributed by atoms with Crippen molar-refractivity contribution in [3.63, 3.8) is 0 Å². The maximum absolute atomic E-state index is 13.9. The molecule has 3 aromatic carbocycles. The van der Waals surface area contributed by atoms with Crippen molar-refractivity contribution in [2.24, 2.45) is 5.10 Å². The van der Waals surface area contributed by atoms with Crippen LogP contribution in [0.25, 0.3) is 23.1 Å². The predicted octanol–water partition coefficient (Wildman–Crippen LogP) is 4.73. The normalized spacial score (nSPS) is 11.7. The lowest BCUT2D eigenvalue weighted by molar-refractivity contribution is 0.625. The average molecular weight is 387 g/mol. The van der Waals surface area contributed by atoms with Gasteiger partial charge in [0.2, 0.25) is 0 Å². The zero-order valence-corrected chi connectivity index (χ0v) is 15.2. The molecule has 0 atom stereocenters. The fourth-order valence-corrected chi connectivity index (χ4v) is 2.83. The summed E-state index contributed by atoms with van der Waals surface area (Å²) in [6.45, 7) is 0. The van der Waals surface area contributed by atoms with Crippen LogP contribution in [0.5, 0.6) is 0 Å². The highest BCUT2D eigenvalue weighted by Crippen LogP contribution is 2.13. The molecule has 0 radical (unpaired) electrons. The average Bonchev–Trinajstić information content (AvgIpc) is 2.74. The molecule has 0 spiro atoms. The van der Waals surface area contributed by atoms with Gasteiger partial charge in [-0.3, -0.25) is 4.79 Å². The Hall–Kier alpha value is -3.93. The first-order chi connectivity index (χ1) is 14.1. The van der Waals surface area contributed by atoms with Crippen LogP contribution in [0.15, 0.2) is 82.7 Å². The van der Waals surface area contributed by atoms with E-state index in [2.05, 4.69) is 10.1 Å². The van der Waals surface area contributed by atoms with E-state index in [1.165, 1.54) is 30.5 Å². The van der Waals surface area contributed by atoms with Gasteiger partial charge >= 0.3 is 0 Å². The van der Waals surface area contributed by atoms with Crippen molar-refractivity contribution >= 4 is 29.3 Å². The minimum atomic E-state index is -0.457. The summed E-state index contributed by atoms with van der Waals surface area (Å²) >= 11 is 0. The number of fused-ring (bicyclic) bond motifs is 1. The molecule has 1 heterocycles. The maximum atomic E-state index is 13.9. The summed E-state index contributed by atoms with van der Waals surface area (Å²) in [6.07, 6.45) is 4.28. The van der Waals surface area contributed by atoms with E-state index in [-0.39, 0.29) is 11.4 Å². The lowest BCUT2D eigenvalue weighted by atomic mass is 10.2. The molecule has 6 heteroatoms. The van der Waals surface area contributed by atoms with Gasteiger partial charge in [-0.15, -0.1) is 0 Å². The predicted molar refractivity (Wildman–Crippen MR) is 111 cm³/mol. The molecule has 4 nitrogen and oxygen atoms in total. The van der Waals surface area contributed by atoms with E-state index in [1.807, 2.05) is 0 Å². The van der Waals surface area contributed by atoms with Gasteiger partial charge in [-0.2, -0.15) is 9.78 Å². The lowest BCUT2D eigenvalue weighted by Gasteiger charge is -2.06. The molecule has 0 N–H and O–H groups in total. The van der Waals surface area contributed by atoms with Crippen LogP contribution < -0.4 is 5.56 Å². The highest BCUT2D eigenvalue weighted by Gasteiger charge is 2.09. The second-order valence-corrected chi connectivity index (χ2v) is 6.23. The van der Waals surface area contributed by atoms with Crippen molar-refractivity contribution in [1.29, 1.82) is 0 Å². The Labute approximate surface area is 165 Å². The molecular weight excluding hydrogens is 372 g/mol. The summed E-state index contributed by atoms with van der Waals surface area (Å²) in [5.41, 5.74) is 0.663. The summed E-state index contributed by atoms with van der Waals surface area (Å²) in [6, 6.07) is 19.2. The largest absolute Gasteiger partial charge is 0.282 e. The van der Waals surface area contributed by atoms with Crippen molar-refractivity contribution in [2.75, 3.05) is 0 Å². The van der Waals surface area contributed by atoms with Crippen LogP contribution in [0.1, 0.15) is 17.0 Å². The van der Waals surface area contributed by atoms with Gasteiger partial charge in [-0.1, -0.05) is 48.5 Å². The number of hydrogen-bond acceptors (Lipinski definition) is 3. The summed E-state index contributed by atoms with van der Waals surface area (Å²) < 4.78 is 28.9. The van der Waals surface area contributed by atoms with Crippen LogP contribution in [-0.2, 0) is 0 Å². The number of hydrogen-bond donors (Lipinski definition) is 0. The van der Waals surface area contributed by atoms with Gasteiger partial charge in [0.15, 0.2) is 5.82 Å². The van der Waals surface area contributed by atoms with Crippen LogP contribution in [0.3, 0.4) is 0 Å². The van der Waals surface area contributed by atoms with Gasteiger partial charge in [-0.05, 0) is 36.4 Å². The van der Waals surface area contributed by atoms with E-state index in [1.54, 1.807) is 60.7 Å². The summed E-state index contributed by atoms with van der Waals surface area (Å²) in [4.78, 5) is 17.4. The van der Waals surface area contributed by atoms with Gasteiger partial charge in [0, 0.05) is 11.1 Å². The summed E-state index contributed by atoms with van der Waals surface area (Å²) in [5.74, 6) is -0.653. The molecule has 29 heavy (non-hydrogen) atoms. The van der Waals surface area contributed by atoms with Gasteiger partial charge in [-0.25, -0.2) is 13.8 Å². The molecular formula is C23H15F2N3O. The monoisotopic (exact) mass is 387 g/mol. The van der Waals surface area contributed by atoms with E-state index < -0.39 is 17.2 Å². The van der Waals surface area contributed by atoms with E-state index >= 15 is 0 Å². The summed E-state index contributed by atoms with van der Waals surface area (Å²) in [5, 5.41) is 4.53. The Kier molecular flexibility index (Phi) is 5.07. The van der Waals surface area contributed by atoms with Crippen LogP contribution in [-0.4, -0.2) is 15.9 Å². The molecule has 1 aromatic heterocycles. The molecule has 142 valence electrons. The highest BCUT2D eigenvalue weighted by atomic mass is 19.1. The SMILES string of the molecule is O=c1c2ccccc2nc(/C=C/c2ccccc2F)n1/N=C\c1ccccc1F. The van der Waals surface area contributed by atoms with Crippen LogP contribution in [0, 0.1) is 11.6 Å². The molecule has 0 aliphatic carbocycles. The standard InChI is InChI=1S/C23H15F2N3O/c24-19-10-4-1-7-16(19)13-14-22-27-21-12-6-3-9-18(21)23(29)28(22)26-15-17-8-2-5-11-20(17)25/h1-15H/b14-13+,26-15-. The number of halogens is 2. The lowest BCUT2D eigenvalue weighted by Crippen LogP contribution is -2.20. The van der Waals surface area contributed by atoms with Crippen molar-refractivity contribution in [2.45, 2.75) is 0 Å². The topological polar surface area (TPSA) is 47.2 Å². The molecule has 4 rings (SSSR count). The van der Waals surface area contributed by atoms with Gasteiger partial charge in [0.05, 0.1) is 17.1 Å². The molecule has 0 unspecified atom stereocenters. The Morgan fingerprint density at radius 2 is 1.41 bits per heavy atom. The van der Waals surface area contributed by atoms with Crippen LogP contribution >= 0.6 is 0 Å². The van der Waals surface area contributed by atoms with Crippen LogP contribution in [0.2, 0.25) is 0 Å². The van der Waals surface area contributed by atoms with Gasteiger partial charge in [0.1, 0.15) is 11.6 Å². The zero-order valence-electron chi connectivity index (χ0n) is 15.2. The third kappa shape index (κ3) is 3.87. The molecule has 0 saturated heterocycles. The second kappa shape index (κ2) is 7.98. The van der Waals surface area contributed by atoms with E-state index in [0.717, 1.165) is 4.68 Å². The molecule has 0 amide bonds. The van der Waals surface area contributed by atoms with Crippen LogP contribution in [0.4, 0.5) is 8.78 Å². The summed E-state index contributed by atoms with van der Waals surface area (Å²) in [7, 11) is 0. The Morgan fingerprint density at radius 3 is 2.14 bits per heavy atom. The Morgan fingerprint density at radius 1 is 0.793 bits per heavy atom. The quantitative estimate of drug-likeness (QED) is 0.476. The van der Waals surface area contributed by atoms with E-state index in [0.29, 0.717) is 16.5 Å². The van der Waals surface area contributed by atoms with Crippen molar-refractivity contribution in [3.8, 4) is 0 Å². The molecule has 0 bridgehead atoms. The molecule has 0 aliphatic rings. The van der Waals surface area contributed by atoms with Crippen molar-refractivity contribution in [1.82, 2.24) is 9.66 Å². The first kappa shape index (κ1) is 18.4. The van der Waals surface area contributed by atoms with Crippen molar-refractivity contribution in [3.05, 3.63) is 112 Å². The van der Waals surface area contributed by atoms with E-state index in [4.69, 9.17) is 0 Å². The number of para-hydroxylation sites is 1. The van der Waals surface area contributed by atoms with E-state index in [9.17, 15) is 13.6 Å². The molecule has 0 saturated carbocycles. The highest BCUT2D eigenvalue weighted by molar-refractivity contribution is 5.81. The fraction of sp³-hybridized carbons (Fsp3) is 0. The minimum absolute atomic E-state index is 0.199. The Bertz CT molecular complexity index is 1310. The number of rotatable bonds is 4. The smallest absolute Gasteiger partial charge is 0.267 e.